The molecule has 0 saturated heterocycles. The van der Waals surface area contributed by atoms with Crippen molar-refractivity contribution in [1.82, 2.24) is 0 Å². The third kappa shape index (κ3) is 4.82. The third-order valence-corrected chi connectivity index (χ3v) is 5.15. The molecule has 0 fully saturated rings. The van der Waals surface area contributed by atoms with Crippen molar-refractivity contribution in [3.63, 3.8) is 0 Å². The molecule has 7 heteroatoms. The van der Waals surface area contributed by atoms with Crippen LogP contribution in [0.25, 0.3) is 11.0 Å². The van der Waals surface area contributed by atoms with Gasteiger partial charge in [-0.25, -0.2) is 0 Å². The fourth-order valence-electron chi connectivity index (χ4n) is 3.62. The molecule has 0 spiro atoms. The van der Waals surface area contributed by atoms with E-state index in [1.807, 2.05) is 37.3 Å². The number of carbonyl (C=O) groups is 2. The SMILES string of the molecule is COc1ccc(NC(=O)c2oc3ccccc3c2NC(=O)Cc2cccc(C)c2)cc1OC. The predicted molar refractivity (Wildman–Crippen MR) is 127 cm³/mol. The monoisotopic (exact) mass is 444 g/mol. The summed E-state index contributed by atoms with van der Waals surface area (Å²) in [5.41, 5.74) is 3.29. The molecule has 0 bridgehead atoms. The van der Waals surface area contributed by atoms with E-state index in [0.29, 0.717) is 33.8 Å². The molecule has 0 radical (unpaired) electrons. The van der Waals surface area contributed by atoms with Gasteiger partial charge < -0.3 is 24.5 Å². The summed E-state index contributed by atoms with van der Waals surface area (Å²) in [6.07, 6.45) is 0.178. The summed E-state index contributed by atoms with van der Waals surface area (Å²) >= 11 is 0. The summed E-state index contributed by atoms with van der Waals surface area (Å²) in [6.45, 7) is 1.97. The van der Waals surface area contributed by atoms with E-state index in [0.717, 1.165) is 11.1 Å². The quantitative estimate of drug-likeness (QED) is 0.409. The number of amides is 2. The van der Waals surface area contributed by atoms with E-state index < -0.39 is 5.91 Å². The lowest BCUT2D eigenvalue weighted by Crippen LogP contribution is -2.18. The molecule has 7 nitrogen and oxygen atoms in total. The van der Waals surface area contributed by atoms with E-state index in [1.165, 1.54) is 14.2 Å². The maximum absolute atomic E-state index is 13.1. The van der Waals surface area contributed by atoms with Crippen molar-refractivity contribution in [3.05, 3.63) is 83.6 Å². The average Bonchev–Trinajstić information content (AvgIpc) is 3.17. The van der Waals surface area contributed by atoms with Crippen LogP contribution in [-0.4, -0.2) is 26.0 Å². The fraction of sp³-hybridized carbons (Fsp3) is 0.154. The number of hydrogen-bond acceptors (Lipinski definition) is 5. The highest BCUT2D eigenvalue weighted by Gasteiger charge is 2.23. The molecule has 0 atom stereocenters. The van der Waals surface area contributed by atoms with Gasteiger partial charge in [-0.1, -0.05) is 42.0 Å². The Kier molecular flexibility index (Phi) is 6.31. The zero-order valence-corrected chi connectivity index (χ0v) is 18.6. The lowest BCUT2D eigenvalue weighted by molar-refractivity contribution is -0.115. The van der Waals surface area contributed by atoms with Crippen molar-refractivity contribution in [2.24, 2.45) is 0 Å². The minimum Gasteiger partial charge on any atom is -0.493 e. The lowest BCUT2D eigenvalue weighted by Gasteiger charge is -2.11. The number of hydrogen-bond donors (Lipinski definition) is 2. The van der Waals surface area contributed by atoms with Crippen molar-refractivity contribution in [1.29, 1.82) is 0 Å². The highest BCUT2D eigenvalue weighted by molar-refractivity contribution is 6.14. The van der Waals surface area contributed by atoms with E-state index in [9.17, 15) is 9.59 Å². The summed E-state index contributed by atoms with van der Waals surface area (Å²) in [4.78, 5) is 25.9. The van der Waals surface area contributed by atoms with E-state index in [2.05, 4.69) is 10.6 Å². The van der Waals surface area contributed by atoms with Crippen molar-refractivity contribution in [2.75, 3.05) is 24.9 Å². The molecule has 1 heterocycles. The molecule has 4 rings (SSSR count). The number of benzene rings is 3. The Labute approximate surface area is 191 Å². The van der Waals surface area contributed by atoms with Gasteiger partial charge in [0.2, 0.25) is 11.7 Å². The number of anilines is 2. The second kappa shape index (κ2) is 9.48. The van der Waals surface area contributed by atoms with Gasteiger partial charge in [0.25, 0.3) is 5.91 Å². The first-order valence-corrected chi connectivity index (χ1v) is 10.4. The number of fused-ring (bicyclic) bond motifs is 1. The van der Waals surface area contributed by atoms with Gasteiger partial charge >= 0.3 is 0 Å². The molecule has 3 aromatic carbocycles. The molecule has 0 aliphatic rings. The molecule has 0 unspecified atom stereocenters. The Bertz CT molecular complexity index is 1330. The van der Waals surface area contributed by atoms with Crippen LogP contribution in [0.5, 0.6) is 11.5 Å². The van der Waals surface area contributed by atoms with Gasteiger partial charge in [-0.15, -0.1) is 0 Å². The van der Waals surface area contributed by atoms with Gasteiger partial charge in [0, 0.05) is 17.1 Å². The second-order valence-electron chi connectivity index (χ2n) is 7.54. The Morgan fingerprint density at radius 3 is 2.42 bits per heavy atom. The number of ether oxygens (including phenoxy) is 2. The van der Waals surface area contributed by atoms with Crippen LogP contribution in [0.15, 0.2) is 71.1 Å². The van der Waals surface area contributed by atoms with Gasteiger partial charge in [-0.3, -0.25) is 9.59 Å². The van der Waals surface area contributed by atoms with Crippen molar-refractivity contribution < 1.29 is 23.5 Å². The molecule has 4 aromatic rings. The summed E-state index contributed by atoms with van der Waals surface area (Å²) < 4.78 is 16.4. The van der Waals surface area contributed by atoms with Crippen LogP contribution in [0.4, 0.5) is 11.4 Å². The van der Waals surface area contributed by atoms with Crippen molar-refractivity contribution in [2.45, 2.75) is 13.3 Å². The van der Waals surface area contributed by atoms with Gasteiger partial charge in [0.05, 0.1) is 20.6 Å². The van der Waals surface area contributed by atoms with E-state index >= 15 is 0 Å². The number of carbonyl (C=O) groups excluding carboxylic acids is 2. The zero-order valence-electron chi connectivity index (χ0n) is 18.6. The second-order valence-corrected chi connectivity index (χ2v) is 7.54. The lowest BCUT2D eigenvalue weighted by atomic mass is 10.1. The first kappa shape index (κ1) is 22.0. The van der Waals surface area contributed by atoms with Crippen LogP contribution in [0.2, 0.25) is 0 Å². The average molecular weight is 444 g/mol. The Morgan fingerprint density at radius 1 is 0.879 bits per heavy atom. The highest BCUT2D eigenvalue weighted by atomic mass is 16.5. The number of rotatable bonds is 7. The smallest absolute Gasteiger partial charge is 0.293 e. The fourth-order valence-corrected chi connectivity index (χ4v) is 3.62. The van der Waals surface area contributed by atoms with Crippen LogP contribution >= 0.6 is 0 Å². The maximum atomic E-state index is 13.1. The number of aryl methyl sites for hydroxylation is 1. The van der Waals surface area contributed by atoms with Crippen LogP contribution in [0.1, 0.15) is 21.7 Å². The summed E-state index contributed by atoms with van der Waals surface area (Å²) in [7, 11) is 3.06. The van der Waals surface area contributed by atoms with Crippen LogP contribution in [-0.2, 0) is 11.2 Å². The number of methoxy groups -OCH3 is 2. The molecular formula is C26H24N2O5. The molecule has 2 amide bonds. The third-order valence-electron chi connectivity index (χ3n) is 5.15. The molecule has 2 N–H and O–H groups in total. The Balaban J connectivity index is 1.62. The molecule has 1 aromatic heterocycles. The molecule has 33 heavy (non-hydrogen) atoms. The number of para-hydroxylation sites is 1. The van der Waals surface area contributed by atoms with Crippen LogP contribution < -0.4 is 20.1 Å². The molecule has 0 saturated carbocycles. The van der Waals surface area contributed by atoms with Crippen molar-refractivity contribution >= 4 is 34.2 Å². The van der Waals surface area contributed by atoms with E-state index in [-0.39, 0.29) is 18.1 Å². The van der Waals surface area contributed by atoms with Gasteiger partial charge in [-0.2, -0.15) is 0 Å². The maximum Gasteiger partial charge on any atom is 0.293 e. The van der Waals surface area contributed by atoms with E-state index in [4.69, 9.17) is 13.9 Å². The van der Waals surface area contributed by atoms with Gasteiger partial charge in [0.1, 0.15) is 11.3 Å². The minimum atomic E-state index is -0.496. The standard InChI is InChI=1S/C26H24N2O5/c1-16-7-6-8-17(13-16)14-23(29)28-24-19-9-4-5-10-20(19)33-25(24)26(30)27-18-11-12-21(31-2)22(15-18)32-3/h4-13,15H,14H2,1-3H3,(H,27,30)(H,28,29). The van der Waals surface area contributed by atoms with Gasteiger partial charge in [-0.05, 0) is 36.8 Å². The van der Waals surface area contributed by atoms with E-state index in [1.54, 1.807) is 36.4 Å². The van der Waals surface area contributed by atoms with Gasteiger partial charge in [0.15, 0.2) is 11.5 Å². The van der Waals surface area contributed by atoms with Crippen molar-refractivity contribution in [3.8, 4) is 11.5 Å². The molecule has 0 aliphatic heterocycles. The summed E-state index contributed by atoms with van der Waals surface area (Å²) in [6, 6.07) is 19.9. The predicted octanol–water partition coefficient (Wildman–Crippen LogP) is 5.19. The van der Waals surface area contributed by atoms with Crippen LogP contribution in [0.3, 0.4) is 0 Å². The topological polar surface area (TPSA) is 89.8 Å². The minimum absolute atomic E-state index is 0.0172. The molecular weight excluding hydrogens is 420 g/mol. The number of nitrogens with one attached hydrogen (secondary N) is 2. The summed E-state index contributed by atoms with van der Waals surface area (Å²) in [5, 5.41) is 6.31. The molecule has 168 valence electrons. The number of furan rings is 1. The Hall–Kier alpha value is -4.26. The van der Waals surface area contributed by atoms with Crippen LogP contribution in [0, 0.1) is 6.92 Å². The summed E-state index contributed by atoms with van der Waals surface area (Å²) in [5.74, 6) is 0.301. The zero-order chi connectivity index (χ0) is 23.4. The Morgan fingerprint density at radius 2 is 1.67 bits per heavy atom. The molecule has 0 aliphatic carbocycles. The normalized spacial score (nSPS) is 10.6. The first-order chi connectivity index (χ1) is 16.0. The first-order valence-electron chi connectivity index (χ1n) is 10.4. The largest absolute Gasteiger partial charge is 0.493 e. The highest BCUT2D eigenvalue weighted by Crippen LogP contribution is 2.33.